The van der Waals surface area contributed by atoms with Crippen molar-refractivity contribution in [2.45, 2.75) is 46.2 Å². The van der Waals surface area contributed by atoms with Crippen molar-refractivity contribution in [1.82, 2.24) is 4.90 Å². The Bertz CT molecular complexity index is 1210. The third kappa shape index (κ3) is 5.60. The molecule has 0 fully saturated rings. The number of carbonyl (C=O) groups is 2. The van der Waals surface area contributed by atoms with Gasteiger partial charge in [-0.25, -0.2) is 4.79 Å². The second-order valence-corrected chi connectivity index (χ2v) is 9.02. The first-order valence-electron chi connectivity index (χ1n) is 11.4. The summed E-state index contributed by atoms with van der Waals surface area (Å²) in [5.41, 5.74) is 6.64. The van der Waals surface area contributed by atoms with E-state index in [4.69, 9.17) is 11.6 Å². The molecule has 1 unspecified atom stereocenters. The zero-order valence-electron chi connectivity index (χ0n) is 20.2. The summed E-state index contributed by atoms with van der Waals surface area (Å²) in [7, 11) is 1.52. The molecule has 0 radical (unpaired) electrons. The number of carbonyl (C=O) groups excluding carboxylic acids is 1. The quantitative estimate of drug-likeness (QED) is 0.383. The predicted octanol–water partition coefficient (Wildman–Crippen LogP) is 6.60. The van der Waals surface area contributed by atoms with Gasteiger partial charge >= 0.3 is 5.97 Å². The number of rotatable bonds is 8. The number of carboxylic acid groups (broad SMARTS) is 1. The van der Waals surface area contributed by atoms with Gasteiger partial charge in [0.2, 0.25) is 0 Å². The van der Waals surface area contributed by atoms with E-state index in [9.17, 15) is 14.7 Å². The average Bonchev–Trinajstić information content (AvgIpc) is 2.83. The van der Waals surface area contributed by atoms with Gasteiger partial charge in [0.1, 0.15) is 6.04 Å². The minimum absolute atomic E-state index is 0.101. The zero-order valence-corrected chi connectivity index (χ0v) is 21.0. The van der Waals surface area contributed by atoms with E-state index in [2.05, 4.69) is 24.4 Å². The van der Waals surface area contributed by atoms with Gasteiger partial charge < -0.3 is 15.3 Å². The molecule has 6 heteroatoms. The number of aliphatic carboxylic acids is 1. The Morgan fingerprint density at radius 2 is 1.74 bits per heavy atom. The molecule has 0 bridgehead atoms. The van der Waals surface area contributed by atoms with Gasteiger partial charge in [-0.15, -0.1) is 0 Å². The Balaban J connectivity index is 1.85. The molecule has 3 aromatic carbocycles. The van der Waals surface area contributed by atoms with E-state index in [0.717, 1.165) is 38.5 Å². The van der Waals surface area contributed by atoms with Crippen LogP contribution in [-0.4, -0.2) is 35.0 Å². The van der Waals surface area contributed by atoms with E-state index >= 15 is 0 Å². The first kappa shape index (κ1) is 25.3. The number of hydrogen-bond acceptors (Lipinski definition) is 3. The molecular formula is C28H31ClN2O3. The Labute approximate surface area is 206 Å². The lowest BCUT2D eigenvalue weighted by atomic mass is 9.96. The molecule has 0 aliphatic carbocycles. The highest BCUT2D eigenvalue weighted by Gasteiger charge is 2.24. The van der Waals surface area contributed by atoms with E-state index in [1.54, 1.807) is 6.07 Å². The summed E-state index contributed by atoms with van der Waals surface area (Å²) in [6.07, 6.45) is 0.662. The van der Waals surface area contributed by atoms with Crippen molar-refractivity contribution in [2.75, 3.05) is 12.4 Å². The van der Waals surface area contributed by atoms with Crippen molar-refractivity contribution in [3.63, 3.8) is 0 Å². The summed E-state index contributed by atoms with van der Waals surface area (Å²) in [4.78, 5) is 25.5. The number of aryl methyl sites for hydroxylation is 2. The maximum absolute atomic E-state index is 12.9. The number of anilines is 1. The van der Waals surface area contributed by atoms with Crippen LogP contribution >= 0.6 is 11.6 Å². The number of amides is 1. The van der Waals surface area contributed by atoms with Gasteiger partial charge in [-0.2, -0.15) is 0 Å². The summed E-state index contributed by atoms with van der Waals surface area (Å²) in [6.45, 7) is 7.61. The molecule has 3 aromatic rings. The molecule has 2 N–H and O–H groups in total. The number of halogens is 1. The molecule has 5 nitrogen and oxygen atoms in total. The van der Waals surface area contributed by atoms with Gasteiger partial charge in [0.15, 0.2) is 0 Å². The highest BCUT2D eigenvalue weighted by molar-refractivity contribution is 6.31. The number of nitrogens with one attached hydrogen (secondary N) is 1. The molecule has 0 aliphatic rings. The summed E-state index contributed by atoms with van der Waals surface area (Å²) >= 11 is 6.17. The summed E-state index contributed by atoms with van der Waals surface area (Å²) in [5.74, 6) is -1.32. The van der Waals surface area contributed by atoms with Crippen LogP contribution in [-0.2, 0) is 11.2 Å². The first-order chi connectivity index (χ1) is 16.1. The molecule has 0 heterocycles. The Hall–Kier alpha value is -3.31. The molecule has 34 heavy (non-hydrogen) atoms. The van der Waals surface area contributed by atoms with Crippen LogP contribution in [0.25, 0.3) is 11.1 Å². The lowest BCUT2D eigenvalue weighted by Gasteiger charge is -2.23. The van der Waals surface area contributed by atoms with Crippen molar-refractivity contribution in [2.24, 2.45) is 0 Å². The van der Waals surface area contributed by atoms with Gasteiger partial charge in [-0.1, -0.05) is 54.9 Å². The van der Waals surface area contributed by atoms with Crippen LogP contribution in [0.15, 0.2) is 60.7 Å². The third-order valence-electron chi connectivity index (χ3n) is 6.24. The molecule has 2 atom stereocenters. The number of benzene rings is 3. The summed E-state index contributed by atoms with van der Waals surface area (Å²) < 4.78 is 0. The number of nitrogens with zero attached hydrogens (tertiary/aromatic N) is 1. The topological polar surface area (TPSA) is 69.6 Å². The van der Waals surface area contributed by atoms with Crippen LogP contribution in [0.2, 0.25) is 5.02 Å². The number of carboxylic acids is 1. The maximum atomic E-state index is 12.9. The molecule has 0 aliphatic heterocycles. The summed E-state index contributed by atoms with van der Waals surface area (Å²) in [6, 6.07) is 19.1. The van der Waals surface area contributed by atoms with Gasteiger partial charge in [-0.05, 0) is 79.3 Å². The fourth-order valence-electron chi connectivity index (χ4n) is 3.87. The van der Waals surface area contributed by atoms with Crippen LogP contribution in [0.4, 0.5) is 5.69 Å². The SMILES string of the molecule is CCc1cc(-c2cccc(NC(C)c3ccc(Cl)c(C)c3)c2)ccc1C(=O)N(C)[C@@H](C)C(=O)O. The van der Waals surface area contributed by atoms with E-state index < -0.39 is 12.0 Å². The fourth-order valence-corrected chi connectivity index (χ4v) is 3.98. The maximum Gasteiger partial charge on any atom is 0.326 e. The molecule has 0 aromatic heterocycles. The van der Waals surface area contributed by atoms with E-state index in [0.29, 0.717) is 12.0 Å². The number of likely N-dealkylation sites (N-methyl/N-ethyl adjacent to an activating group) is 1. The van der Waals surface area contributed by atoms with E-state index in [-0.39, 0.29) is 11.9 Å². The smallest absolute Gasteiger partial charge is 0.326 e. The van der Waals surface area contributed by atoms with Crippen molar-refractivity contribution >= 4 is 29.2 Å². The lowest BCUT2D eigenvalue weighted by Crippen LogP contribution is -2.40. The van der Waals surface area contributed by atoms with Crippen molar-refractivity contribution in [3.05, 3.63) is 87.9 Å². The standard InChI is InChI=1S/C28H31ClN2O3/c1-6-20-15-23(10-12-25(20)27(32)31(5)19(4)28(33)34)22-8-7-9-24(16-22)30-18(3)21-11-13-26(29)17(2)14-21/h7-16,18-19,30H,6H2,1-5H3,(H,33,34)/t18?,19-/m0/s1. The van der Waals surface area contributed by atoms with E-state index in [1.165, 1.54) is 18.9 Å². The highest BCUT2D eigenvalue weighted by Crippen LogP contribution is 2.29. The molecular weight excluding hydrogens is 448 g/mol. The van der Waals surface area contributed by atoms with Gasteiger partial charge in [0.25, 0.3) is 5.91 Å². The van der Waals surface area contributed by atoms with Crippen LogP contribution in [0.5, 0.6) is 0 Å². The Kier molecular flexibility index (Phi) is 8.00. The molecule has 0 saturated carbocycles. The molecule has 0 saturated heterocycles. The molecule has 0 spiro atoms. The third-order valence-corrected chi connectivity index (χ3v) is 6.66. The minimum Gasteiger partial charge on any atom is -0.480 e. The molecule has 178 valence electrons. The largest absolute Gasteiger partial charge is 0.480 e. The Morgan fingerprint density at radius 3 is 2.38 bits per heavy atom. The second kappa shape index (κ2) is 10.7. The Morgan fingerprint density at radius 1 is 1.03 bits per heavy atom. The monoisotopic (exact) mass is 478 g/mol. The van der Waals surface area contributed by atoms with Crippen LogP contribution < -0.4 is 5.32 Å². The van der Waals surface area contributed by atoms with Gasteiger partial charge in [0, 0.05) is 29.4 Å². The van der Waals surface area contributed by atoms with Gasteiger partial charge in [-0.3, -0.25) is 4.79 Å². The predicted molar refractivity (Wildman–Crippen MR) is 139 cm³/mol. The minimum atomic E-state index is -1.03. The molecule has 1 amide bonds. The van der Waals surface area contributed by atoms with Crippen LogP contribution in [0.1, 0.15) is 53.9 Å². The zero-order chi connectivity index (χ0) is 25.0. The van der Waals surface area contributed by atoms with Crippen molar-refractivity contribution < 1.29 is 14.7 Å². The van der Waals surface area contributed by atoms with Crippen molar-refractivity contribution in [1.29, 1.82) is 0 Å². The number of hydrogen-bond donors (Lipinski definition) is 2. The van der Waals surface area contributed by atoms with Gasteiger partial charge in [0.05, 0.1) is 0 Å². The van der Waals surface area contributed by atoms with Crippen molar-refractivity contribution in [3.8, 4) is 11.1 Å². The fraction of sp³-hybridized carbons (Fsp3) is 0.286. The second-order valence-electron chi connectivity index (χ2n) is 8.61. The van der Waals surface area contributed by atoms with Crippen LogP contribution in [0.3, 0.4) is 0 Å². The summed E-state index contributed by atoms with van der Waals surface area (Å²) in [5, 5.41) is 13.6. The van der Waals surface area contributed by atoms with Crippen LogP contribution in [0, 0.1) is 6.92 Å². The first-order valence-corrected chi connectivity index (χ1v) is 11.8. The molecule has 3 rings (SSSR count). The lowest BCUT2D eigenvalue weighted by molar-refractivity contribution is -0.141. The van der Waals surface area contributed by atoms with E-state index in [1.807, 2.05) is 56.3 Å². The normalized spacial score (nSPS) is 12.6. The average molecular weight is 479 g/mol. The highest BCUT2D eigenvalue weighted by atomic mass is 35.5.